The Hall–Kier alpha value is -0.870. The van der Waals surface area contributed by atoms with E-state index in [-0.39, 0.29) is 18.0 Å². The lowest BCUT2D eigenvalue weighted by molar-refractivity contribution is -0.138. The van der Waals surface area contributed by atoms with E-state index in [1.54, 1.807) is 0 Å². The molecule has 0 radical (unpaired) electrons. The smallest absolute Gasteiger partial charge is 0.304 e. The fraction of sp³-hybridized carbons (Fsp3) is 0.727. The molecule has 0 aromatic carbocycles. The zero-order valence-electron chi connectivity index (χ0n) is 9.49. The number of aliphatic carboxylic acids is 1. The van der Waals surface area contributed by atoms with Gasteiger partial charge in [0.15, 0.2) is 0 Å². The topological polar surface area (TPSA) is 52.6 Å². The van der Waals surface area contributed by atoms with E-state index in [4.69, 9.17) is 5.11 Å². The van der Waals surface area contributed by atoms with Crippen LogP contribution in [0.25, 0.3) is 0 Å². The minimum absolute atomic E-state index is 0.0514. The number of carboxylic acids is 1. The molecule has 2 N–H and O–H groups in total. The Bertz CT molecular complexity index is 251. The van der Waals surface area contributed by atoms with E-state index in [0.717, 1.165) is 19.6 Å². The van der Waals surface area contributed by atoms with E-state index in [9.17, 15) is 4.79 Å². The molecule has 1 aliphatic rings. The van der Waals surface area contributed by atoms with Crippen molar-refractivity contribution in [1.82, 2.24) is 10.2 Å². The second kappa shape index (κ2) is 4.77. The van der Waals surface area contributed by atoms with Gasteiger partial charge >= 0.3 is 5.97 Å². The monoisotopic (exact) mass is 212 g/mol. The van der Waals surface area contributed by atoms with Gasteiger partial charge in [0.1, 0.15) is 0 Å². The highest BCUT2D eigenvalue weighted by molar-refractivity contribution is 5.67. The first kappa shape index (κ1) is 12.2. The molecule has 86 valence electrons. The Morgan fingerprint density at radius 3 is 2.93 bits per heavy atom. The maximum absolute atomic E-state index is 10.6. The Morgan fingerprint density at radius 2 is 2.40 bits per heavy atom. The number of carbonyl (C=O) groups is 1. The third-order valence-electron chi connectivity index (χ3n) is 2.89. The van der Waals surface area contributed by atoms with Crippen LogP contribution in [0.4, 0.5) is 0 Å². The third kappa shape index (κ3) is 3.32. The van der Waals surface area contributed by atoms with Gasteiger partial charge in [-0.05, 0) is 13.8 Å². The van der Waals surface area contributed by atoms with Crippen LogP contribution in [0.1, 0.15) is 20.3 Å². The van der Waals surface area contributed by atoms with Crippen molar-refractivity contribution in [2.24, 2.45) is 0 Å². The lowest BCUT2D eigenvalue weighted by atomic mass is 9.96. The van der Waals surface area contributed by atoms with Crippen molar-refractivity contribution >= 4 is 5.97 Å². The number of hydrogen-bond donors (Lipinski definition) is 2. The molecule has 0 bridgehead atoms. The Labute approximate surface area is 91.0 Å². The van der Waals surface area contributed by atoms with Gasteiger partial charge in [-0.3, -0.25) is 9.69 Å². The molecule has 15 heavy (non-hydrogen) atoms. The van der Waals surface area contributed by atoms with Crippen molar-refractivity contribution in [2.75, 3.05) is 19.6 Å². The lowest BCUT2D eigenvalue weighted by Gasteiger charge is -2.45. The van der Waals surface area contributed by atoms with Crippen molar-refractivity contribution < 1.29 is 9.90 Å². The first-order chi connectivity index (χ1) is 6.95. The molecule has 0 aromatic heterocycles. The minimum atomic E-state index is -0.745. The summed E-state index contributed by atoms with van der Waals surface area (Å²) in [5, 5.41) is 12.0. The first-order valence-electron chi connectivity index (χ1n) is 5.27. The highest BCUT2D eigenvalue weighted by Gasteiger charge is 2.33. The highest BCUT2D eigenvalue weighted by atomic mass is 16.4. The maximum Gasteiger partial charge on any atom is 0.304 e. The molecular weight excluding hydrogens is 192 g/mol. The van der Waals surface area contributed by atoms with E-state index in [0.29, 0.717) is 0 Å². The predicted molar refractivity (Wildman–Crippen MR) is 59.9 cm³/mol. The van der Waals surface area contributed by atoms with Crippen LogP contribution in [0.15, 0.2) is 12.7 Å². The lowest BCUT2D eigenvalue weighted by Crippen LogP contribution is -2.62. The SMILES string of the molecule is C=CCN1CC(CC(=O)O)NCC1(C)C. The van der Waals surface area contributed by atoms with Crippen molar-refractivity contribution in [2.45, 2.75) is 31.8 Å². The quantitative estimate of drug-likeness (QED) is 0.674. The van der Waals surface area contributed by atoms with Crippen LogP contribution in [-0.2, 0) is 4.79 Å². The number of carboxylic acid groups (broad SMARTS) is 1. The highest BCUT2D eigenvalue weighted by Crippen LogP contribution is 2.19. The summed E-state index contributed by atoms with van der Waals surface area (Å²) >= 11 is 0. The summed E-state index contributed by atoms with van der Waals surface area (Å²) in [6.07, 6.45) is 2.05. The van der Waals surface area contributed by atoms with E-state index in [1.165, 1.54) is 0 Å². The summed E-state index contributed by atoms with van der Waals surface area (Å²) in [5.41, 5.74) is 0.0726. The zero-order valence-corrected chi connectivity index (χ0v) is 9.49. The summed E-state index contributed by atoms with van der Waals surface area (Å²) in [6, 6.07) is 0.0514. The largest absolute Gasteiger partial charge is 0.481 e. The van der Waals surface area contributed by atoms with Crippen molar-refractivity contribution in [3.63, 3.8) is 0 Å². The molecule has 4 heteroatoms. The molecule has 1 saturated heterocycles. The van der Waals surface area contributed by atoms with Crippen LogP contribution < -0.4 is 5.32 Å². The first-order valence-corrected chi connectivity index (χ1v) is 5.27. The zero-order chi connectivity index (χ0) is 11.5. The van der Waals surface area contributed by atoms with E-state index in [2.05, 4.69) is 30.6 Å². The number of nitrogens with one attached hydrogen (secondary N) is 1. The molecule has 1 heterocycles. The molecule has 1 atom stereocenters. The van der Waals surface area contributed by atoms with Crippen LogP contribution in [0.3, 0.4) is 0 Å². The summed E-state index contributed by atoms with van der Waals surface area (Å²) in [7, 11) is 0. The molecule has 4 nitrogen and oxygen atoms in total. The van der Waals surface area contributed by atoms with Crippen molar-refractivity contribution in [1.29, 1.82) is 0 Å². The second-order valence-corrected chi connectivity index (χ2v) is 4.68. The molecule has 0 aliphatic carbocycles. The molecule has 1 fully saturated rings. The van der Waals surface area contributed by atoms with Gasteiger partial charge < -0.3 is 10.4 Å². The fourth-order valence-corrected chi connectivity index (χ4v) is 1.91. The Kier molecular flexibility index (Phi) is 3.88. The molecule has 1 unspecified atom stereocenters. The minimum Gasteiger partial charge on any atom is -0.481 e. The van der Waals surface area contributed by atoms with Gasteiger partial charge in [0, 0.05) is 31.2 Å². The molecule has 1 rings (SSSR count). The number of rotatable bonds is 4. The number of hydrogen-bond acceptors (Lipinski definition) is 3. The van der Waals surface area contributed by atoms with Gasteiger partial charge in [0.05, 0.1) is 6.42 Å². The Balaban J connectivity index is 2.57. The average Bonchev–Trinajstić information content (AvgIpc) is 2.11. The van der Waals surface area contributed by atoms with Crippen molar-refractivity contribution in [3.8, 4) is 0 Å². The van der Waals surface area contributed by atoms with Gasteiger partial charge in [0.25, 0.3) is 0 Å². The van der Waals surface area contributed by atoms with Gasteiger partial charge in [-0.25, -0.2) is 0 Å². The molecule has 0 aromatic rings. The average molecular weight is 212 g/mol. The second-order valence-electron chi connectivity index (χ2n) is 4.68. The summed E-state index contributed by atoms with van der Waals surface area (Å²) in [5.74, 6) is -0.745. The summed E-state index contributed by atoms with van der Waals surface area (Å²) < 4.78 is 0. The molecular formula is C11H20N2O2. The fourth-order valence-electron chi connectivity index (χ4n) is 1.91. The molecule has 1 aliphatic heterocycles. The van der Waals surface area contributed by atoms with Crippen LogP contribution in [-0.4, -0.2) is 47.2 Å². The van der Waals surface area contributed by atoms with Crippen LogP contribution >= 0.6 is 0 Å². The molecule has 0 saturated carbocycles. The number of piperazine rings is 1. The Morgan fingerprint density at radius 1 is 1.73 bits per heavy atom. The van der Waals surface area contributed by atoms with Gasteiger partial charge in [-0.15, -0.1) is 6.58 Å². The van der Waals surface area contributed by atoms with Gasteiger partial charge in [-0.2, -0.15) is 0 Å². The number of nitrogens with zero attached hydrogens (tertiary/aromatic N) is 1. The van der Waals surface area contributed by atoms with E-state index >= 15 is 0 Å². The predicted octanol–water partition coefficient (Wildman–Crippen LogP) is 0.700. The molecule has 0 amide bonds. The van der Waals surface area contributed by atoms with Crippen LogP contribution in [0.2, 0.25) is 0 Å². The van der Waals surface area contributed by atoms with Crippen LogP contribution in [0.5, 0.6) is 0 Å². The van der Waals surface area contributed by atoms with E-state index in [1.807, 2.05) is 6.08 Å². The molecule has 0 spiro atoms. The maximum atomic E-state index is 10.6. The van der Waals surface area contributed by atoms with Gasteiger partial charge in [0.2, 0.25) is 0 Å². The van der Waals surface area contributed by atoms with Crippen molar-refractivity contribution in [3.05, 3.63) is 12.7 Å². The third-order valence-corrected chi connectivity index (χ3v) is 2.89. The van der Waals surface area contributed by atoms with E-state index < -0.39 is 5.97 Å². The standard InChI is InChI=1S/C11H20N2O2/c1-4-5-13-7-9(6-10(14)15)12-8-11(13,2)3/h4,9,12H,1,5-8H2,2-3H3,(H,14,15). The summed E-state index contributed by atoms with van der Waals surface area (Å²) in [4.78, 5) is 12.9. The van der Waals surface area contributed by atoms with Crippen LogP contribution in [0, 0.1) is 0 Å². The summed E-state index contributed by atoms with van der Waals surface area (Å²) in [6.45, 7) is 10.4. The van der Waals surface area contributed by atoms with Gasteiger partial charge in [-0.1, -0.05) is 6.08 Å². The normalized spacial score (nSPS) is 26.1.